The summed E-state index contributed by atoms with van der Waals surface area (Å²) in [6.07, 6.45) is 7.06. The second-order valence-corrected chi connectivity index (χ2v) is 6.68. The van der Waals surface area contributed by atoms with Gasteiger partial charge in [0.15, 0.2) is 0 Å². The molecule has 1 aliphatic heterocycles. The molecule has 3 rings (SSSR count). The fourth-order valence-corrected chi connectivity index (χ4v) is 4.07. The van der Waals surface area contributed by atoms with E-state index in [4.69, 9.17) is 5.73 Å². The van der Waals surface area contributed by atoms with Crippen LogP contribution in [0.1, 0.15) is 39.0 Å². The van der Waals surface area contributed by atoms with Crippen LogP contribution in [0.2, 0.25) is 0 Å². The van der Waals surface area contributed by atoms with Gasteiger partial charge in [0.2, 0.25) is 0 Å². The highest BCUT2D eigenvalue weighted by Crippen LogP contribution is 2.31. The van der Waals surface area contributed by atoms with Crippen molar-refractivity contribution in [3.05, 3.63) is 24.3 Å². The Morgan fingerprint density at radius 3 is 2.57 bits per heavy atom. The summed E-state index contributed by atoms with van der Waals surface area (Å²) < 4.78 is 0. The van der Waals surface area contributed by atoms with Crippen LogP contribution < -0.4 is 10.6 Å². The Labute approximate surface area is 129 Å². The smallest absolute Gasteiger partial charge is 0.0600 e. The lowest BCUT2D eigenvalue weighted by Gasteiger charge is -2.43. The molecule has 0 aromatic heterocycles. The summed E-state index contributed by atoms with van der Waals surface area (Å²) >= 11 is 0. The Bertz CT molecular complexity index is 452. The third-order valence-corrected chi connectivity index (χ3v) is 5.44. The molecule has 116 valence electrons. The lowest BCUT2D eigenvalue weighted by molar-refractivity contribution is 0.122. The van der Waals surface area contributed by atoms with Crippen molar-refractivity contribution in [2.75, 3.05) is 36.8 Å². The third-order valence-electron chi connectivity index (χ3n) is 5.44. The van der Waals surface area contributed by atoms with E-state index in [2.05, 4.69) is 28.9 Å². The Kier molecular flexibility index (Phi) is 4.69. The van der Waals surface area contributed by atoms with Crippen LogP contribution in [0, 0.1) is 5.92 Å². The van der Waals surface area contributed by atoms with Gasteiger partial charge in [0.1, 0.15) is 0 Å². The summed E-state index contributed by atoms with van der Waals surface area (Å²) in [7, 11) is 0. The van der Waals surface area contributed by atoms with Crippen LogP contribution in [-0.2, 0) is 0 Å². The van der Waals surface area contributed by atoms with Crippen LogP contribution in [0.5, 0.6) is 0 Å². The third kappa shape index (κ3) is 3.34. The summed E-state index contributed by atoms with van der Waals surface area (Å²) in [5.74, 6) is 0.964. The predicted molar refractivity (Wildman–Crippen MR) is 90.7 cm³/mol. The van der Waals surface area contributed by atoms with Crippen molar-refractivity contribution in [3.8, 4) is 0 Å². The van der Waals surface area contributed by atoms with Crippen LogP contribution in [0.4, 0.5) is 11.4 Å². The maximum Gasteiger partial charge on any atom is 0.0600 e. The van der Waals surface area contributed by atoms with E-state index in [1.807, 2.05) is 12.1 Å². The van der Waals surface area contributed by atoms with Gasteiger partial charge >= 0.3 is 0 Å². The number of hydrogen-bond donors (Lipinski definition) is 1. The van der Waals surface area contributed by atoms with Crippen molar-refractivity contribution >= 4 is 11.4 Å². The van der Waals surface area contributed by atoms with E-state index < -0.39 is 0 Å². The number of anilines is 2. The molecule has 3 heteroatoms. The minimum absolute atomic E-state index is 0.832. The molecule has 1 saturated carbocycles. The highest BCUT2D eigenvalue weighted by atomic mass is 15.3. The van der Waals surface area contributed by atoms with Crippen molar-refractivity contribution in [1.29, 1.82) is 0 Å². The number of nitrogen functional groups attached to an aromatic ring is 1. The normalized spacial score (nSPS) is 27.8. The van der Waals surface area contributed by atoms with E-state index in [0.717, 1.165) is 30.7 Å². The van der Waals surface area contributed by atoms with E-state index in [-0.39, 0.29) is 0 Å². The second-order valence-electron chi connectivity index (χ2n) is 6.68. The van der Waals surface area contributed by atoms with Crippen molar-refractivity contribution in [2.45, 2.75) is 45.1 Å². The molecule has 2 unspecified atom stereocenters. The molecule has 0 bridgehead atoms. The van der Waals surface area contributed by atoms with Gasteiger partial charge in [0.25, 0.3) is 0 Å². The van der Waals surface area contributed by atoms with Crippen molar-refractivity contribution < 1.29 is 0 Å². The molecule has 1 aliphatic carbocycles. The Morgan fingerprint density at radius 2 is 1.86 bits per heavy atom. The Balaban J connectivity index is 1.57. The minimum Gasteiger partial charge on any atom is -0.397 e. The summed E-state index contributed by atoms with van der Waals surface area (Å²) in [4.78, 5) is 5.18. The van der Waals surface area contributed by atoms with Gasteiger partial charge in [-0.2, -0.15) is 0 Å². The zero-order valence-corrected chi connectivity index (χ0v) is 13.3. The fraction of sp³-hybridized carbons (Fsp3) is 0.667. The minimum atomic E-state index is 0.832. The maximum absolute atomic E-state index is 6.11. The van der Waals surface area contributed by atoms with E-state index in [1.165, 1.54) is 50.9 Å². The zero-order chi connectivity index (χ0) is 14.7. The van der Waals surface area contributed by atoms with Gasteiger partial charge in [0, 0.05) is 32.2 Å². The van der Waals surface area contributed by atoms with Gasteiger partial charge in [-0.3, -0.25) is 4.90 Å². The van der Waals surface area contributed by atoms with E-state index in [1.54, 1.807) is 0 Å². The topological polar surface area (TPSA) is 32.5 Å². The molecular formula is C18H29N3. The monoisotopic (exact) mass is 287 g/mol. The molecule has 3 nitrogen and oxygen atoms in total. The summed E-state index contributed by atoms with van der Waals surface area (Å²) in [6.45, 7) is 6.96. The number of rotatable bonds is 3. The first kappa shape index (κ1) is 14.7. The van der Waals surface area contributed by atoms with Gasteiger partial charge in [-0.1, -0.05) is 38.3 Å². The van der Waals surface area contributed by atoms with Crippen LogP contribution in [0.15, 0.2) is 24.3 Å². The average molecular weight is 287 g/mol. The number of hydrogen-bond acceptors (Lipinski definition) is 3. The number of nitrogens with two attached hydrogens (primary N) is 1. The standard InChI is InChI=1S/C18H29N3/c1-2-15-6-5-7-16(14-15)20-10-12-21(13-11-20)18-9-4-3-8-17(18)19/h3-4,8-9,15-16H,2,5-7,10-14,19H2,1H3. The SMILES string of the molecule is CCC1CCCC(N2CCN(c3ccccc3N)CC2)C1. The maximum atomic E-state index is 6.11. The van der Waals surface area contributed by atoms with E-state index in [9.17, 15) is 0 Å². The van der Waals surface area contributed by atoms with Crippen LogP contribution in [-0.4, -0.2) is 37.1 Å². The van der Waals surface area contributed by atoms with Gasteiger partial charge in [-0.25, -0.2) is 0 Å². The lowest BCUT2D eigenvalue weighted by atomic mass is 9.83. The molecule has 0 radical (unpaired) electrons. The summed E-state index contributed by atoms with van der Waals surface area (Å²) in [6, 6.07) is 9.10. The van der Waals surface area contributed by atoms with Crippen LogP contribution >= 0.6 is 0 Å². The number of benzene rings is 1. The fourth-order valence-electron chi connectivity index (χ4n) is 4.07. The van der Waals surface area contributed by atoms with Gasteiger partial charge in [0.05, 0.1) is 11.4 Å². The van der Waals surface area contributed by atoms with Gasteiger partial charge in [-0.05, 0) is 30.9 Å². The first-order valence-corrected chi connectivity index (χ1v) is 8.61. The van der Waals surface area contributed by atoms with Crippen molar-refractivity contribution in [1.82, 2.24) is 4.90 Å². The first-order valence-electron chi connectivity index (χ1n) is 8.61. The molecule has 1 aromatic carbocycles. The Morgan fingerprint density at radius 1 is 1.10 bits per heavy atom. The molecule has 1 heterocycles. The molecule has 2 fully saturated rings. The molecule has 2 N–H and O–H groups in total. The molecule has 2 aliphatic rings. The van der Waals surface area contributed by atoms with Gasteiger partial charge < -0.3 is 10.6 Å². The first-order chi connectivity index (χ1) is 10.3. The summed E-state index contributed by atoms with van der Waals surface area (Å²) in [5.41, 5.74) is 8.24. The highest BCUT2D eigenvalue weighted by Gasteiger charge is 2.28. The molecule has 0 spiro atoms. The van der Waals surface area contributed by atoms with E-state index in [0.29, 0.717) is 0 Å². The predicted octanol–water partition coefficient (Wildman–Crippen LogP) is 3.36. The molecule has 21 heavy (non-hydrogen) atoms. The molecule has 2 atom stereocenters. The molecular weight excluding hydrogens is 258 g/mol. The van der Waals surface area contributed by atoms with Crippen molar-refractivity contribution in [3.63, 3.8) is 0 Å². The largest absolute Gasteiger partial charge is 0.397 e. The lowest BCUT2D eigenvalue weighted by Crippen LogP contribution is -2.51. The van der Waals surface area contributed by atoms with Gasteiger partial charge in [-0.15, -0.1) is 0 Å². The molecule has 1 saturated heterocycles. The zero-order valence-electron chi connectivity index (χ0n) is 13.3. The number of para-hydroxylation sites is 2. The Hall–Kier alpha value is -1.22. The molecule has 1 aromatic rings. The molecule has 0 amide bonds. The van der Waals surface area contributed by atoms with Crippen LogP contribution in [0.3, 0.4) is 0 Å². The quantitative estimate of drug-likeness (QED) is 0.865. The number of nitrogens with zero attached hydrogens (tertiary/aromatic N) is 2. The number of piperazine rings is 1. The second kappa shape index (κ2) is 6.69. The van der Waals surface area contributed by atoms with Crippen molar-refractivity contribution in [2.24, 2.45) is 5.92 Å². The average Bonchev–Trinajstić information content (AvgIpc) is 2.56. The highest BCUT2D eigenvalue weighted by molar-refractivity contribution is 5.67. The van der Waals surface area contributed by atoms with E-state index >= 15 is 0 Å². The van der Waals surface area contributed by atoms with Crippen LogP contribution in [0.25, 0.3) is 0 Å². The summed E-state index contributed by atoms with van der Waals surface area (Å²) in [5, 5.41) is 0.